The van der Waals surface area contributed by atoms with Crippen LogP contribution in [0.1, 0.15) is 23.6 Å². The minimum absolute atomic E-state index is 0.0161. The highest BCUT2D eigenvalue weighted by atomic mass is 16.6. The molecule has 2 saturated heterocycles. The summed E-state index contributed by atoms with van der Waals surface area (Å²) in [6.45, 7) is 4.43. The molecule has 4 aliphatic heterocycles. The summed E-state index contributed by atoms with van der Waals surface area (Å²) in [4.78, 5) is 44.2. The number of nitrogens with zero attached hydrogens (tertiary/aromatic N) is 5. The van der Waals surface area contributed by atoms with Gasteiger partial charge < -0.3 is 19.3 Å². The molecule has 2 fully saturated rings. The number of likely N-dealkylation sites (N-methyl/N-ethyl adjacent to an activating group) is 1. The summed E-state index contributed by atoms with van der Waals surface area (Å²) in [7, 11) is 2.07. The van der Waals surface area contributed by atoms with E-state index >= 15 is 0 Å². The van der Waals surface area contributed by atoms with E-state index in [1.807, 2.05) is 27.7 Å². The molecule has 0 saturated carbocycles. The van der Waals surface area contributed by atoms with Crippen molar-refractivity contribution in [2.75, 3.05) is 44.7 Å². The molecule has 34 heavy (non-hydrogen) atoms. The number of piperazine rings is 1. The zero-order valence-electron chi connectivity index (χ0n) is 19.3. The van der Waals surface area contributed by atoms with Crippen LogP contribution in [0.3, 0.4) is 0 Å². The average Bonchev–Trinajstić information content (AvgIpc) is 2.84. The second kappa shape index (κ2) is 7.94. The quantitative estimate of drug-likeness (QED) is 0.497. The van der Waals surface area contributed by atoms with E-state index in [0.717, 1.165) is 36.5 Å². The zero-order chi connectivity index (χ0) is 23.6. The van der Waals surface area contributed by atoms with Crippen LogP contribution in [0.25, 0.3) is 0 Å². The lowest BCUT2D eigenvalue weighted by Crippen LogP contribution is -2.62. The molecule has 4 aliphatic rings. The van der Waals surface area contributed by atoms with E-state index in [1.165, 1.54) is 0 Å². The highest BCUT2D eigenvalue weighted by Gasteiger charge is 2.50. The van der Waals surface area contributed by atoms with Gasteiger partial charge in [0.05, 0.1) is 10.8 Å². The Hall–Kier alpha value is -3.20. The fourth-order valence-corrected chi connectivity index (χ4v) is 6.70. The van der Waals surface area contributed by atoms with Crippen LogP contribution in [0.4, 0.5) is 11.4 Å². The molecule has 0 aliphatic carbocycles. The smallest absolute Gasteiger partial charge is 0.269 e. The van der Waals surface area contributed by atoms with Crippen LogP contribution in [-0.4, -0.2) is 71.0 Å². The molecule has 6 rings (SSSR count). The number of non-ortho nitro benzene ring substituents is 1. The number of carbonyl (C=O) groups excluding carboxylic acids is 1. The maximum atomic E-state index is 13.9. The SMILES string of the molecule is CN1CCN(C(=O)[C@@H]2Cc3cc([N+](=O)[O-])ccc3N3C[C@@H]4C[C@@H](Cn5c4cccc5=O)[C@@H]23)CC1. The molecule has 5 heterocycles. The fourth-order valence-electron chi connectivity index (χ4n) is 6.70. The summed E-state index contributed by atoms with van der Waals surface area (Å²) in [5.74, 6) is 0.246. The fraction of sp³-hybridized carbons (Fsp3) is 0.520. The number of carbonyl (C=O) groups is 1. The van der Waals surface area contributed by atoms with Crippen LogP contribution >= 0.6 is 0 Å². The molecule has 0 N–H and O–H groups in total. The van der Waals surface area contributed by atoms with Crippen molar-refractivity contribution in [3.63, 3.8) is 0 Å². The second-order valence-corrected chi connectivity index (χ2v) is 10.2. The van der Waals surface area contributed by atoms with Crippen LogP contribution < -0.4 is 10.5 Å². The van der Waals surface area contributed by atoms with Crippen molar-refractivity contribution in [1.82, 2.24) is 14.4 Å². The van der Waals surface area contributed by atoms with Gasteiger partial charge in [0.15, 0.2) is 0 Å². The van der Waals surface area contributed by atoms with Crippen molar-refractivity contribution >= 4 is 17.3 Å². The molecule has 4 atom stereocenters. The van der Waals surface area contributed by atoms with Crippen LogP contribution in [0.2, 0.25) is 0 Å². The van der Waals surface area contributed by atoms with Gasteiger partial charge in [-0.25, -0.2) is 0 Å². The topological polar surface area (TPSA) is 91.9 Å². The number of piperidine rings is 1. The average molecular weight is 464 g/mol. The standard InChI is InChI=1S/C25H29N5O4/c1-26-7-9-27(10-8-26)25(32)20-13-16-12-19(30(33)34)5-6-22(16)29-14-17-11-18(24(20)29)15-28-21(17)3-2-4-23(28)31/h2-6,12,17-18,20,24H,7-11,13-15H2,1H3/t17-,18-,20+,24-/m0/s1. The van der Waals surface area contributed by atoms with E-state index in [1.54, 1.807) is 18.2 Å². The van der Waals surface area contributed by atoms with Crippen molar-refractivity contribution in [3.8, 4) is 0 Å². The van der Waals surface area contributed by atoms with E-state index < -0.39 is 0 Å². The summed E-state index contributed by atoms with van der Waals surface area (Å²) in [6, 6.07) is 10.5. The Morgan fingerprint density at radius 1 is 1.09 bits per heavy atom. The number of benzene rings is 1. The number of hydrogen-bond acceptors (Lipinski definition) is 6. The van der Waals surface area contributed by atoms with E-state index in [2.05, 4.69) is 16.8 Å². The number of nitro groups is 1. The summed E-state index contributed by atoms with van der Waals surface area (Å²) in [5.41, 5.74) is 3.02. The largest absolute Gasteiger partial charge is 0.366 e. The molecule has 2 aromatic rings. The number of rotatable bonds is 2. The lowest BCUT2D eigenvalue weighted by Gasteiger charge is -2.54. The summed E-state index contributed by atoms with van der Waals surface area (Å²) in [5, 5.41) is 11.5. The number of hydrogen-bond donors (Lipinski definition) is 0. The van der Waals surface area contributed by atoms with Crippen LogP contribution in [0.15, 0.2) is 41.2 Å². The number of aromatic nitrogens is 1. The van der Waals surface area contributed by atoms with Crippen LogP contribution in [0, 0.1) is 22.0 Å². The third-order valence-electron chi connectivity index (χ3n) is 8.33. The third kappa shape index (κ3) is 3.33. The van der Waals surface area contributed by atoms with E-state index in [9.17, 15) is 19.7 Å². The lowest BCUT2D eigenvalue weighted by molar-refractivity contribution is -0.384. The van der Waals surface area contributed by atoms with Gasteiger partial charge in [0, 0.05) is 80.8 Å². The minimum atomic E-state index is -0.364. The van der Waals surface area contributed by atoms with Gasteiger partial charge >= 0.3 is 0 Å². The van der Waals surface area contributed by atoms with Crippen LogP contribution in [0.5, 0.6) is 0 Å². The zero-order valence-corrected chi connectivity index (χ0v) is 19.3. The number of amides is 1. The molecule has 1 aromatic carbocycles. The molecule has 178 valence electrons. The molecule has 1 amide bonds. The number of nitro benzene ring substituents is 1. The predicted molar refractivity (Wildman–Crippen MR) is 127 cm³/mol. The van der Waals surface area contributed by atoms with Gasteiger partial charge in [0.2, 0.25) is 5.91 Å². The normalized spacial score (nSPS) is 28.0. The Labute approximate surface area is 197 Å². The number of anilines is 1. The molecule has 9 heteroatoms. The van der Waals surface area contributed by atoms with Gasteiger partial charge in [0.1, 0.15) is 0 Å². The van der Waals surface area contributed by atoms with Gasteiger partial charge in [0.25, 0.3) is 11.2 Å². The summed E-state index contributed by atoms with van der Waals surface area (Å²) >= 11 is 0. The third-order valence-corrected chi connectivity index (χ3v) is 8.33. The van der Waals surface area contributed by atoms with Crippen molar-refractivity contribution in [2.24, 2.45) is 11.8 Å². The highest BCUT2D eigenvalue weighted by molar-refractivity contribution is 5.82. The Kier molecular flexibility index (Phi) is 4.98. The Bertz CT molecular complexity index is 1220. The maximum Gasteiger partial charge on any atom is 0.269 e. The monoisotopic (exact) mass is 463 g/mol. The molecule has 2 bridgehead atoms. The predicted octanol–water partition coefficient (Wildman–Crippen LogP) is 1.70. The second-order valence-electron chi connectivity index (χ2n) is 10.2. The van der Waals surface area contributed by atoms with E-state index in [0.29, 0.717) is 32.6 Å². The Morgan fingerprint density at radius 2 is 1.88 bits per heavy atom. The first kappa shape index (κ1) is 21.3. The van der Waals surface area contributed by atoms with E-state index in [4.69, 9.17) is 0 Å². The molecule has 1 aromatic heterocycles. The molecular weight excluding hydrogens is 434 g/mol. The molecule has 0 spiro atoms. The molecule has 0 radical (unpaired) electrons. The highest BCUT2D eigenvalue weighted by Crippen LogP contribution is 2.48. The van der Waals surface area contributed by atoms with Crippen molar-refractivity contribution in [2.45, 2.75) is 31.3 Å². The lowest BCUT2D eigenvalue weighted by atomic mass is 9.69. The first-order valence-electron chi connectivity index (χ1n) is 12.1. The van der Waals surface area contributed by atoms with Crippen molar-refractivity contribution < 1.29 is 9.72 Å². The Balaban J connectivity index is 1.42. The van der Waals surface area contributed by atoms with Gasteiger partial charge in [-0.05, 0) is 43.5 Å². The van der Waals surface area contributed by atoms with Gasteiger partial charge in [-0.1, -0.05) is 6.07 Å². The van der Waals surface area contributed by atoms with Gasteiger partial charge in [-0.15, -0.1) is 0 Å². The first-order chi connectivity index (χ1) is 16.4. The molecular formula is C25H29N5O4. The number of fused-ring (bicyclic) bond motifs is 8. The first-order valence-corrected chi connectivity index (χ1v) is 12.1. The molecule has 9 nitrogen and oxygen atoms in total. The van der Waals surface area contributed by atoms with Gasteiger partial charge in [-0.2, -0.15) is 0 Å². The van der Waals surface area contributed by atoms with Crippen molar-refractivity contribution in [3.05, 3.63) is 68.1 Å². The summed E-state index contributed by atoms with van der Waals surface area (Å²) in [6.07, 6.45) is 1.46. The van der Waals surface area contributed by atoms with Crippen molar-refractivity contribution in [1.29, 1.82) is 0 Å². The molecule has 0 unspecified atom stereocenters. The summed E-state index contributed by atoms with van der Waals surface area (Å²) < 4.78 is 1.90. The minimum Gasteiger partial charge on any atom is -0.366 e. The van der Waals surface area contributed by atoms with E-state index in [-0.39, 0.29) is 45.9 Å². The maximum absolute atomic E-state index is 13.9. The Morgan fingerprint density at radius 3 is 2.65 bits per heavy atom. The van der Waals surface area contributed by atoms with Gasteiger partial charge in [-0.3, -0.25) is 19.7 Å². The van der Waals surface area contributed by atoms with Crippen LogP contribution in [-0.2, 0) is 17.8 Å². The number of pyridine rings is 1.